The summed E-state index contributed by atoms with van der Waals surface area (Å²) in [7, 11) is 1.27. The third-order valence-electron chi connectivity index (χ3n) is 3.33. The summed E-state index contributed by atoms with van der Waals surface area (Å²) in [6.45, 7) is 0.840. The zero-order valence-corrected chi connectivity index (χ0v) is 12.6. The Balaban J connectivity index is 2.73. The van der Waals surface area contributed by atoms with Gasteiger partial charge in [0.25, 0.3) is 0 Å². The van der Waals surface area contributed by atoms with Crippen LogP contribution in [0.3, 0.4) is 0 Å². The molecule has 8 heteroatoms. The summed E-state index contributed by atoms with van der Waals surface area (Å²) in [5.74, 6) is 0. The average Bonchev–Trinajstić information content (AvgIpc) is 2.53. The Morgan fingerprint density at radius 2 is 2.14 bits per heavy atom. The molecule has 4 nitrogen and oxygen atoms in total. The number of nitrogens with zero attached hydrogens (tertiary/aromatic N) is 1. The van der Waals surface area contributed by atoms with Crippen molar-refractivity contribution in [2.24, 2.45) is 0 Å². The smallest absolute Gasteiger partial charge is 0.434 e. The van der Waals surface area contributed by atoms with E-state index in [-0.39, 0.29) is 16.3 Å². The van der Waals surface area contributed by atoms with Crippen LogP contribution < -0.4 is 5.32 Å². The molecule has 0 spiro atoms. The minimum atomic E-state index is -4.76. The second-order valence-electron chi connectivity index (χ2n) is 4.89. The van der Waals surface area contributed by atoms with E-state index in [0.717, 1.165) is 17.2 Å². The van der Waals surface area contributed by atoms with E-state index in [4.69, 9.17) is 16.3 Å². The summed E-state index contributed by atoms with van der Waals surface area (Å²) < 4.78 is 46.6. The minimum Gasteiger partial charge on any atom is -0.479 e. The fourth-order valence-corrected chi connectivity index (χ4v) is 2.43. The number of carbonyl (C=O) groups excluding carboxylic acids is 1. The summed E-state index contributed by atoms with van der Waals surface area (Å²) >= 11 is 5.85. The van der Waals surface area contributed by atoms with Crippen LogP contribution in [0.25, 0.3) is 0 Å². The maximum absolute atomic E-state index is 13.8. The highest BCUT2D eigenvalue weighted by molar-refractivity contribution is 6.30. The SMILES string of the molecule is CC=CO[C@]1(C(F)(F)F)CN(C)C(=O)Nc2ccc(Cl)cc21. The van der Waals surface area contributed by atoms with Gasteiger partial charge in [-0.25, -0.2) is 4.79 Å². The number of hydrogen-bond donors (Lipinski definition) is 1. The molecule has 1 heterocycles. The van der Waals surface area contributed by atoms with Crippen LogP contribution in [0.15, 0.2) is 30.5 Å². The Labute approximate surface area is 130 Å². The Morgan fingerprint density at radius 3 is 2.73 bits per heavy atom. The number of carbonyl (C=O) groups is 1. The number of alkyl halides is 3. The zero-order valence-electron chi connectivity index (χ0n) is 11.9. The molecular formula is C14H14ClF3N2O2. The molecule has 0 aromatic heterocycles. The molecule has 0 saturated heterocycles. The van der Waals surface area contributed by atoms with Crippen molar-refractivity contribution < 1.29 is 22.7 Å². The van der Waals surface area contributed by atoms with E-state index in [9.17, 15) is 18.0 Å². The molecule has 0 aliphatic carbocycles. The molecule has 22 heavy (non-hydrogen) atoms. The number of urea groups is 1. The largest absolute Gasteiger partial charge is 0.479 e. The van der Waals surface area contributed by atoms with Crippen molar-refractivity contribution in [3.05, 3.63) is 41.1 Å². The number of rotatable bonds is 2. The van der Waals surface area contributed by atoms with Gasteiger partial charge < -0.3 is 15.0 Å². The number of fused-ring (bicyclic) bond motifs is 1. The summed E-state index contributed by atoms with van der Waals surface area (Å²) in [4.78, 5) is 12.8. The molecule has 0 fully saturated rings. The van der Waals surface area contributed by atoms with Crippen LogP contribution >= 0.6 is 11.6 Å². The standard InChI is InChI=1S/C14H14ClF3N2O2/c1-3-6-22-13(14(16,17)18)8-20(2)12(21)19-11-5-4-9(15)7-10(11)13/h3-7H,8H2,1-2H3,(H,19,21)/t13-/m1/s1. The number of halogens is 4. The van der Waals surface area contributed by atoms with Crippen LogP contribution in [0, 0.1) is 0 Å². The molecule has 1 aromatic carbocycles. The number of anilines is 1. The molecule has 1 aromatic rings. The molecule has 1 N–H and O–H groups in total. The Bertz CT molecular complexity index is 619. The third kappa shape index (κ3) is 2.72. The van der Waals surface area contributed by atoms with Crippen molar-refractivity contribution >= 4 is 23.3 Å². The maximum atomic E-state index is 13.8. The first-order valence-electron chi connectivity index (χ1n) is 6.39. The van der Waals surface area contributed by atoms with Gasteiger partial charge in [-0.15, -0.1) is 0 Å². The number of benzene rings is 1. The molecule has 0 radical (unpaired) electrons. The average molecular weight is 335 g/mol. The number of likely N-dealkylation sites (N-methyl/N-ethyl adjacent to an activating group) is 1. The summed E-state index contributed by atoms with van der Waals surface area (Å²) in [5, 5.41) is 2.55. The second kappa shape index (κ2) is 5.72. The van der Waals surface area contributed by atoms with Crippen LogP contribution in [-0.4, -0.2) is 30.7 Å². The van der Waals surface area contributed by atoms with Gasteiger partial charge in [-0.2, -0.15) is 13.2 Å². The highest BCUT2D eigenvalue weighted by Gasteiger charge is 2.61. The predicted molar refractivity (Wildman–Crippen MR) is 76.7 cm³/mol. The van der Waals surface area contributed by atoms with Crippen molar-refractivity contribution in [1.29, 1.82) is 0 Å². The lowest BCUT2D eigenvalue weighted by atomic mass is 9.91. The fraction of sp³-hybridized carbons (Fsp3) is 0.357. The van der Waals surface area contributed by atoms with Gasteiger partial charge in [-0.3, -0.25) is 0 Å². The van der Waals surface area contributed by atoms with Gasteiger partial charge in [0.15, 0.2) is 0 Å². The van der Waals surface area contributed by atoms with Gasteiger partial charge in [0.05, 0.1) is 18.5 Å². The quantitative estimate of drug-likeness (QED) is 0.826. The number of ether oxygens (including phenoxy) is 1. The van der Waals surface area contributed by atoms with Gasteiger partial charge in [-0.05, 0) is 25.1 Å². The molecule has 0 bridgehead atoms. The molecule has 120 valence electrons. The minimum absolute atomic E-state index is 0.0144. The number of allylic oxidation sites excluding steroid dienone is 1. The lowest BCUT2D eigenvalue weighted by Gasteiger charge is -2.36. The molecular weight excluding hydrogens is 321 g/mol. The van der Waals surface area contributed by atoms with Crippen molar-refractivity contribution in [1.82, 2.24) is 4.90 Å². The highest BCUT2D eigenvalue weighted by Crippen LogP contribution is 2.47. The molecule has 0 saturated carbocycles. The topological polar surface area (TPSA) is 41.6 Å². The van der Waals surface area contributed by atoms with E-state index in [1.807, 2.05) is 0 Å². The molecule has 2 rings (SSSR count). The molecule has 2 amide bonds. The van der Waals surface area contributed by atoms with Gasteiger partial charge in [0.1, 0.15) is 0 Å². The monoisotopic (exact) mass is 334 g/mol. The first-order chi connectivity index (χ1) is 10.2. The van der Waals surface area contributed by atoms with E-state index < -0.39 is 24.4 Å². The van der Waals surface area contributed by atoms with Crippen LogP contribution in [0.2, 0.25) is 5.02 Å². The van der Waals surface area contributed by atoms with Crippen LogP contribution in [-0.2, 0) is 10.3 Å². The summed E-state index contributed by atoms with van der Waals surface area (Å²) in [6, 6.07) is 3.24. The van der Waals surface area contributed by atoms with Gasteiger partial charge in [0, 0.05) is 17.6 Å². The Morgan fingerprint density at radius 1 is 1.45 bits per heavy atom. The third-order valence-corrected chi connectivity index (χ3v) is 3.56. The van der Waals surface area contributed by atoms with E-state index >= 15 is 0 Å². The van der Waals surface area contributed by atoms with Crippen molar-refractivity contribution in [2.75, 3.05) is 18.9 Å². The highest BCUT2D eigenvalue weighted by atomic mass is 35.5. The fourth-order valence-electron chi connectivity index (χ4n) is 2.26. The Kier molecular flexibility index (Phi) is 4.28. The second-order valence-corrected chi connectivity index (χ2v) is 5.32. The van der Waals surface area contributed by atoms with E-state index in [0.29, 0.717) is 0 Å². The van der Waals surface area contributed by atoms with Gasteiger partial charge in [0.2, 0.25) is 5.60 Å². The van der Waals surface area contributed by atoms with Gasteiger partial charge >= 0.3 is 12.2 Å². The van der Waals surface area contributed by atoms with Crippen LogP contribution in [0.1, 0.15) is 12.5 Å². The van der Waals surface area contributed by atoms with Crippen molar-refractivity contribution in [2.45, 2.75) is 18.7 Å². The van der Waals surface area contributed by atoms with Crippen LogP contribution in [0.5, 0.6) is 0 Å². The van der Waals surface area contributed by atoms with E-state index in [1.165, 1.54) is 32.2 Å². The molecule has 1 aliphatic rings. The first kappa shape index (κ1) is 16.5. The van der Waals surface area contributed by atoms with E-state index in [2.05, 4.69) is 5.32 Å². The molecule has 1 atom stereocenters. The molecule has 1 aliphatic heterocycles. The lowest BCUT2D eigenvalue weighted by molar-refractivity contribution is -0.270. The van der Waals surface area contributed by atoms with E-state index in [1.54, 1.807) is 0 Å². The van der Waals surface area contributed by atoms with Gasteiger partial charge in [-0.1, -0.05) is 17.7 Å². The maximum Gasteiger partial charge on any atom is 0.434 e. The van der Waals surface area contributed by atoms with Crippen LogP contribution in [0.4, 0.5) is 23.7 Å². The van der Waals surface area contributed by atoms with Crippen molar-refractivity contribution in [3.8, 4) is 0 Å². The predicted octanol–water partition coefficient (Wildman–Crippen LogP) is 4.13. The zero-order chi connectivity index (χ0) is 16.5. The number of nitrogens with one attached hydrogen (secondary N) is 1. The lowest BCUT2D eigenvalue weighted by Crippen LogP contribution is -2.51. The number of hydrogen-bond acceptors (Lipinski definition) is 2. The summed E-state index contributed by atoms with van der Waals surface area (Å²) in [5.41, 5.74) is -2.92. The van der Waals surface area contributed by atoms with Crippen molar-refractivity contribution in [3.63, 3.8) is 0 Å². The molecule has 0 unspecified atom stereocenters. The Hall–Kier alpha value is -1.89. The summed E-state index contributed by atoms with van der Waals surface area (Å²) in [6.07, 6.45) is -2.45. The normalized spacial score (nSPS) is 22.3. The number of amides is 2. The first-order valence-corrected chi connectivity index (χ1v) is 6.77.